The van der Waals surface area contributed by atoms with E-state index in [4.69, 9.17) is 4.74 Å². The fourth-order valence-corrected chi connectivity index (χ4v) is 6.17. The lowest BCUT2D eigenvalue weighted by atomic mass is 9.70. The van der Waals surface area contributed by atoms with E-state index in [1.165, 1.54) is 4.90 Å². The van der Waals surface area contributed by atoms with Crippen molar-refractivity contribution in [3.8, 4) is 0 Å². The van der Waals surface area contributed by atoms with Crippen molar-refractivity contribution in [2.75, 3.05) is 11.9 Å². The van der Waals surface area contributed by atoms with Crippen LogP contribution in [0.3, 0.4) is 0 Å². The fourth-order valence-electron chi connectivity index (χ4n) is 6.17. The number of para-hydroxylation sites is 1. The first-order valence-corrected chi connectivity index (χ1v) is 12.2. The highest BCUT2D eigenvalue weighted by Crippen LogP contribution is 2.59. The standard InChI is InChI=1S/C27H31N3O5/c1-16(2)28-25(33)23-27-14-13-20(35-27)21(24(32)29-18-11-7-4-8-12-18)22(27)26(34)30(23)19(15-31)17-9-5-3-6-10-17/h3-12,16,19-23,31H,13-15H2,1-2H3,(H,28,33)(H,29,32)/t19-,20+,21-,22+,23?,27?/m1/s1. The lowest BCUT2D eigenvalue weighted by Gasteiger charge is -2.37. The number of aliphatic hydroxyl groups excluding tert-OH is 1. The van der Waals surface area contributed by atoms with Gasteiger partial charge in [-0.3, -0.25) is 14.4 Å². The van der Waals surface area contributed by atoms with Gasteiger partial charge in [0.25, 0.3) is 0 Å². The number of nitrogens with zero attached hydrogens (tertiary/aromatic N) is 1. The molecule has 1 spiro atoms. The number of rotatable bonds is 7. The van der Waals surface area contributed by atoms with Crippen LogP contribution in [0.2, 0.25) is 0 Å². The van der Waals surface area contributed by atoms with Gasteiger partial charge in [0.1, 0.15) is 11.6 Å². The van der Waals surface area contributed by atoms with Crippen molar-refractivity contribution < 1.29 is 24.2 Å². The van der Waals surface area contributed by atoms with Gasteiger partial charge in [-0.1, -0.05) is 48.5 Å². The molecule has 0 saturated carbocycles. The lowest BCUT2D eigenvalue weighted by Crippen LogP contribution is -2.57. The van der Waals surface area contributed by atoms with Gasteiger partial charge in [-0.15, -0.1) is 0 Å². The normalized spacial score (nSPS) is 29.8. The molecule has 8 heteroatoms. The summed E-state index contributed by atoms with van der Waals surface area (Å²) in [7, 11) is 0. The number of amides is 3. The molecule has 0 aromatic heterocycles. The third-order valence-electron chi connectivity index (χ3n) is 7.45. The Labute approximate surface area is 204 Å². The van der Waals surface area contributed by atoms with Crippen LogP contribution in [0.5, 0.6) is 0 Å². The number of nitrogens with one attached hydrogen (secondary N) is 2. The molecular weight excluding hydrogens is 446 g/mol. The number of carbonyl (C=O) groups is 3. The fraction of sp³-hybridized carbons (Fsp3) is 0.444. The van der Waals surface area contributed by atoms with Crippen LogP contribution in [0.1, 0.15) is 38.3 Å². The Bertz CT molecular complexity index is 1110. The van der Waals surface area contributed by atoms with E-state index < -0.39 is 35.6 Å². The average Bonchev–Trinajstić information content (AvgIpc) is 3.48. The highest BCUT2D eigenvalue weighted by Gasteiger charge is 2.75. The van der Waals surface area contributed by atoms with Crippen molar-refractivity contribution in [2.24, 2.45) is 11.8 Å². The third kappa shape index (κ3) is 3.81. The van der Waals surface area contributed by atoms with E-state index in [1.807, 2.05) is 62.4 Å². The summed E-state index contributed by atoms with van der Waals surface area (Å²) >= 11 is 0. The zero-order chi connectivity index (χ0) is 24.7. The molecule has 3 aliphatic heterocycles. The maximum Gasteiger partial charge on any atom is 0.246 e. The largest absolute Gasteiger partial charge is 0.394 e. The molecule has 3 amide bonds. The summed E-state index contributed by atoms with van der Waals surface area (Å²) in [6, 6.07) is 16.5. The maximum absolute atomic E-state index is 14.1. The average molecular weight is 478 g/mol. The number of likely N-dealkylation sites (tertiary alicyclic amines) is 1. The summed E-state index contributed by atoms with van der Waals surface area (Å²) < 4.78 is 6.44. The number of benzene rings is 2. The van der Waals surface area contributed by atoms with Gasteiger partial charge in [0.05, 0.1) is 30.6 Å². The summed E-state index contributed by atoms with van der Waals surface area (Å²) in [6.07, 6.45) is 0.655. The molecule has 5 rings (SSSR count). The van der Waals surface area contributed by atoms with Crippen LogP contribution in [-0.4, -0.2) is 58.1 Å². The number of carbonyl (C=O) groups excluding carboxylic acids is 3. The third-order valence-corrected chi connectivity index (χ3v) is 7.45. The number of hydrogen-bond donors (Lipinski definition) is 3. The predicted molar refractivity (Wildman–Crippen MR) is 129 cm³/mol. The molecule has 184 valence electrons. The van der Waals surface area contributed by atoms with E-state index in [1.54, 1.807) is 12.1 Å². The SMILES string of the molecule is CC(C)NC(=O)C1N([C@H](CO)c2ccccc2)C(=O)[C@@H]2[C@H](C(=O)Nc3ccccc3)[C@@H]3CCC12O3. The lowest BCUT2D eigenvalue weighted by molar-refractivity contribution is -0.145. The number of hydrogen-bond acceptors (Lipinski definition) is 5. The van der Waals surface area contributed by atoms with E-state index in [-0.39, 0.29) is 30.4 Å². The predicted octanol–water partition coefficient (Wildman–Crippen LogP) is 2.26. The Balaban J connectivity index is 1.55. The van der Waals surface area contributed by atoms with Crippen molar-refractivity contribution in [3.63, 3.8) is 0 Å². The molecule has 3 fully saturated rings. The molecule has 2 aromatic carbocycles. The Kier molecular flexibility index (Phi) is 6.11. The summed E-state index contributed by atoms with van der Waals surface area (Å²) in [6.45, 7) is 3.37. The van der Waals surface area contributed by atoms with Gasteiger partial charge in [-0.2, -0.15) is 0 Å². The molecule has 6 atom stereocenters. The Morgan fingerprint density at radius 1 is 1.09 bits per heavy atom. The maximum atomic E-state index is 14.1. The molecule has 35 heavy (non-hydrogen) atoms. The van der Waals surface area contributed by atoms with Crippen molar-refractivity contribution in [1.29, 1.82) is 0 Å². The van der Waals surface area contributed by atoms with Gasteiger partial charge >= 0.3 is 0 Å². The summed E-state index contributed by atoms with van der Waals surface area (Å²) in [4.78, 5) is 42.6. The van der Waals surface area contributed by atoms with Crippen molar-refractivity contribution >= 4 is 23.4 Å². The number of ether oxygens (including phenoxy) is 1. The molecule has 2 bridgehead atoms. The molecule has 3 heterocycles. The van der Waals surface area contributed by atoms with Crippen LogP contribution in [0, 0.1) is 11.8 Å². The van der Waals surface area contributed by atoms with E-state index in [2.05, 4.69) is 10.6 Å². The Morgan fingerprint density at radius 3 is 2.37 bits per heavy atom. The highest BCUT2D eigenvalue weighted by molar-refractivity contribution is 6.02. The molecule has 3 N–H and O–H groups in total. The first kappa shape index (κ1) is 23.5. The molecule has 8 nitrogen and oxygen atoms in total. The van der Waals surface area contributed by atoms with Gasteiger partial charge in [0.15, 0.2) is 0 Å². The van der Waals surface area contributed by atoms with E-state index >= 15 is 0 Å². The number of fused-ring (bicyclic) bond motifs is 1. The Morgan fingerprint density at radius 2 is 1.74 bits per heavy atom. The Hall–Kier alpha value is -3.23. The molecule has 3 aliphatic rings. The number of anilines is 1. The summed E-state index contributed by atoms with van der Waals surface area (Å²) in [5.41, 5.74) is 0.256. The molecule has 2 unspecified atom stereocenters. The monoisotopic (exact) mass is 477 g/mol. The van der Waals surface area contributed by atoms with Crippen LogP contribution in [0.15, 0.2) is 60.7 Å². The molecule has 0 aliphatic carbocycles. The van der Waals surface area contributed by atoms with Gasteiger partial charge in [0.2, 0.25) is 17.7 Å². The topological polar surface area (TPSA) is 108 Å². The van der Waals surface area contributed by atoms with Crippen LogP contribution in [-0.2, 0) is 19.1 Å². The van der Waals surface area contributed by atoms with Crippen molar-refractivity contribution in [3.05, 3.63) is 66.2 Å². The highest BCUT2D eigenvalue weighted by atomic mass is 16.5. The van der Waals surface area contributed by atoms with Crippen LogP contribution < -0.4 is 10.6 Å². The second-order valence-electron chi connectivity index (χ2n) is 9.93. The number of aliphatic hydroxyl groups is 1. The van der Waals surface area contributed by atoms with Gasteiger partial charge in [0, 0.05) is 11.7 Å². The van der Waals surface area contributed by atoms with Gasteiger partial charge in [-0.25, -0.2) is 0 Å². The molecule has 3 saturated heterocycles. The van der Waals surface area contributed by atoms with Gasteiger partial charge < -0.3 is 25.4 Å². The molecule has 0 radical (unpaired) electrons. The minimum absolute atomic E-state index is 0.144. The van der Waals surface area contributed by atoms with Crippen LogP contribution in [0.4, 0.5) is 5.69 Å². The van der Waals surface area contributed by atoms with E-state index in [9.17, 15) is 19.5 Å². The summed E-state index contributed by atoms with van der Waals surface area (Å²) in [5.74, 6) is -2.45. The second kappa shape index (κ2) is 9.09. The van der Waals surface area contributed by atoms with Crippen molar-refractivity contribution in [1.82, 2.24) is 10.2 Å². The molecular formula is C27H31N3O5. The first-order chi connectivity index (χ1) is 16.9. The second-order valence-corrected chi connectivity index (χ2v) is 9.93. The van der Waals surface area contributed by atoms with Crippen LogP contribution >= 0.6 is 0 Å². The molecule has 2 aromatic rings. The zero-order valence-electron chi connectivity index (χ0n) is 19.9. The smallest absolute Gasteiger partial charge is 0.246 e. The zero-order valence-corrected chi connectivity index (χ0v) is 19.9. The van der Waals surface area contributed by atoms with Gasteiger partial charge in [-0.05, 0) is 44.4 Å². The van der Waals surface area contributed by atoms with E-state index in [0.29, 0.717) is 18.5 Å². The minimum atomic E-state index is -1.11. The minimum Gasteiger partial charge on any atom is -0.394 e. The van der Waals surface area contributed by atoms with E-state index in [0.717, 1.165) is 5.56 Å². The summed E-state index contributed by atoms with van der Waals surface area (Å²) in [5, 5.41) is 16.3. The first-order valence-electron chi connectivity index (χ1n) is 12.2. The van der Waals surface area contributed by atoms with Crippen LogP contribution in [0.25, 0.3) is 0 Å². The quantitative estimate of drug-likeness (QED) is 0.567. The van der Waals surface area contributed by atoms with Crippen molar-refractivity contribution in [2.45, 2.75) is 56.5 Å².